The van der Waals surface area contributed by atoms with Crippen LogP contribution in [0.4, 0.5) is 10.2 Å². The predicted octanol–water partition coefficient (Wildman–Crippen LogP) is 2.21. The Labute approximate surface area is 102 Å². The molecule has 6 heteroatoms. The smallest absolute Gasteiger partial charge is 0.172 e. The van der Waals surface area contributed by atoms with Gasteiger partial charge in [-0.05, 0) is 17.7 Å². The third kappa shape index (κ3) is 2.45. The monoisotopic (exact) mass is 253 g/mol. The van der Waals surface area contributed by atoms with Crippen molar-refractivity contribution < 1.29 is 9.18 Å². The number of Topliss-reactive ketones (excluding diaryl/α,β-unsaturated/α-hetero) is 1. The number of halogens is 2. The summed E-state index contributed by atoms with van der Waals surface area (Å²) in [4.78, 5) is 11.8. The standard InChI is InChI=1S/C11H9ClFN3O/c12-7-2-1-6(9(13)4-7)3-10(17)8-5-15-16-11(8)14/h1-2,4-5H,3H2,(H3,14,15,16). The zero-order valence-electron chi connectivity index (χ0n) is 8.71. The van der Waals surface area contributed by atoms with Gasteiger partial charge in [-0.3, -0.25) is 9.89 Å². The lowest BCUT2D eigenvalue weighted by Crippen LogP contribution is -2.06. The quantitative estimate of drug-likeness (QED) is 0.824. The van der Waals surface area contributed by atoms with Crippen LogP contribution in [0, 0.1) is 5.82 Å². The number of H-pyrrole nitrogens is 1. The Morgan fingerprint density at radius 3 is 2.88 bits per heavy atom. The molecule has 2 rings (SSSR count). The number of hydrogen-bond donors (Lipinski definition) is 2. The van der Waals surface area contributed by atoms with E-state index in [2.05, 4.69) is 10.2 Å². The van der Waals surface area contributed by atoms with E-state index in [0.717, 1.165) is 0 Å². The molecule has 0 amide bonds. The average Bonchev–Trinajstić information content (AvgIpc) is 2.68. The first-order chi connectivity index (χ1) is 8.08. The molecule has 0 bridgehead atoms. The van der Waals surface area contributed by atoms with Crippen molar-refractivity contribution in [3.05, 3.63) is 46.4 Å². The summed E-state index contributed by atoms with van der Waals surface area (Å²) in [6.07, 6.45) is 1.25. The topological polar surface area (TPSA) is 71.8 Å². The highest BCUT2D eigenvalue weighted by atomic mass is 35.5. The summed E-state index contributed by atoms with van der Waals surface area (Å²) in [5, 5.41) is 6.38. The molecular formula is C11H9ClFN3O. The maximum atomic E-state index is 13.5. The summed E-state index contributed by atoms with van der Waals surface area (Å²) in [6.45, 7) is 0. The highest BCUT2D eigenvalue weighted by Gasteiger charge is 2.14. The van der Waals surface area contributed by atoms with Gasteiger partial charge in [0.25, 0.3) is 0 Å². The summed E-state index contributed by atoms with van der Waals surface area (Å²) in [5.41, 5.74) is 6.04. The van der Waals surface area contributed by atoms with E-state index in [1.165, 1.54) is 24.4 Å². The van der Waals surface area contributed by atoms with Gasteiger partial charge in [0.1, 0.15) is 11.6 Å². The van der Waals surface area contributed by atoms with Crippen LogP contribution in [0.3, 0.4) is 0 Å². The minimum Gasteiger partial charge on any atom is -0.383 e. The third-order valence-electron chi connectivity index (χ3n) is 2.34. The first-order valence-electron chi connectivity index (χ1n) is 4.84. The van der Waals surface area contributed by atoms with Gasteiger partial charge in [-0.2, -0.15) is 5.10 Å². The van der Waals surface area contributed by atoms with Gasteiger partial charge < -0.3 is 5.73 Å². The molecule has 0 radical (unpaired) electrons. The second kappa shape index (κ2) is 4.55. The molecule has 17 heavy (non-hydrogen) atoms. The molecule has 0 saturated heterocycles. The van der Waals surface area contributed by atoms with Crippen LogP contribution in [0.15, 0.2) is 24.4 Å². The lowest BCUT2D eigenvalue weighted by atomic mass is 10.0. The van der Waals surface area contributed by atoms with Crippen LogP contribution in [0.2, 0.25) is 5.02 Å². The maximum absolute atomic E-state index is 13.5. The number of carbonyl (C=O) groups is 1. The summed E-state index contributed by atoms with van der Waals surface area (Å²) in [5.74, 6) is -0.616. The summed E-state index contributed by atoms with van der Waals surface area (Å²) in [6, 6.07) is 4.18. The number of nitrogens with two attached hydrogens (primary N) is 1. The van der Waals surface area contributed by atoms with Gasteiger partial charge in [0.05, 0.1) is 11.8 Å². The molecule has 1 aromatic carbocycles. The van der Waals surface area contributed by atoms with E-state index in [1.54, 1.807) is 0 Å². The molecule has 0 fully saturated rings. The second-order valence-electron chi connectivity index (χ2n) is 3.53. The molecule has 0 aliphatic carbocycles. The Kier molecular flexibility index (Phi) is 3.10. The molecule has 88 valence electrons. The molecule has 0 spiro atoms. The molecule has 0 unspecified atom stereocenters. The number of nitrogens with one attached hydrogen (secondary N) is 1. The number of aromatic nitrogens is 2. The van der Waals surface area contributed by atoms with E-state index < -0.39 is 5.82 Å². The fourth-order valence-electron chi connectivity index (χ4n) is 1.45. The first kappa shape index (κ1) is 11.6. The van der Waals surface area contributed by atoms with Crippen LogP contribution in [0.25, 0.3) is 0 Å². The molecule has 0 aliphatic rings. The number of ketones is 1. The van der Waals surface area contributed by atoms with E-state index in [0.29, 0.717) is 5.02 Å². The molecular weight excluding hydrogens is 245 g/mol. The number of nitrogens with zero attached hydrogens (tertiary/aromatic N) is 1. The SMILES string of the molecule is Nc1[nH]ncc1C(=O)Cc1ccc(Cl)cc1F. The Morgan fingerprint density at radius 2 is 2.29 bits per heavy atom. The van der Waals surface area contributed by atoms with E-state index in [4.69, 9.17) is 17.3 Å². The Bertz CT molecular complexity index is 568. The normalized spacial score (nSPS) is 10.5. The number of anilines is 1. The van der Waals surface area contributed by atoms with Crippen LogP contribution in [0.5, 0.6) is 0 Å². The highest BCUT2D eigenvalue weighted by molar-refractivity contribution is 6.30. The summed E-state index contributed by atoms with van der Waals surface area (Å²) < 4.78 is 13.5. The second-order valence-corrected chi connectivity index (χ2v) is 3.97. The van der Waals surface area contributed by atoms with E-state index in [1.807, 2.05) is 0 Å². The molecule has 4 nitrogen and oxygen atoms in total. The average molecular weight is 254 g/mol. The van der Waals surface area contributed by atoms with Crippen molar-refractivity contribution >= 4 is 23.2 Å². The Hall–Kier alpha value is -1.88. The highest BCUT2D eigenvalue weighted by Crippen LogP contribution is 2.17. The molecule has 1 aromatic heterocycles. The maximum Gasteiger partial charge on any atom is 0.172 e. The Balaban J connectivity index is 2.22. The van der Waals surface area contributed by atoms with Gasteiger partial charge in [0.2, 0.25) is 0 Å². The summed E-state index contributed by atoms with van der Waals surface area (Å²) >= 11 is 5.62. The summed E-state index contributed by atoms with van der Waals surface area (Å²) in [7, 11) is 0. The zero-order chi connectivity index (χ0) is 12.4. The van der Waals surface area contributed by atoms with E-state index in [-0.39, 0.29) is 29.1 Å². The number of hydrogen-bond acceptors (Lipinski definition) is 3. The van der Waals surface area contributed by atoms with Crippen LogP contribution >= 0.6 is 11.6 Å². The van der Waals surface area contributed by atoms with Crippen molar-refractivity contribution in [3.8, 4) is 0 Å². The first-order valence-corrected chi connectivity index (χ1v) is 5.21. The molecule has 1 heterocycles. The van der Waals surface area contributed by atoms with E-state index in [9.17, 15) is 9.18 Å². The van der Waals surface area contributed by atoms with Crippen molar-refractivity contribution in [3.63, 3.8) is 0 Å². The van der Waals surface area contributed by atoms with Gasteiger partial charge in [-0.15, -0.1) is 0 Å². The number of benzene rings is 1. The largest absolute Gasteiger partial charge is 0.383 e. The number of nitrogen functional groups attached to an aromatic ring is 1. The van der Waals surface area contributed by atoms with Crippen molar-refractivity contribution in [2.75, 3.05) is 5.73 Å². The van der Waals surface area contributed by atoms with Crippen LogP contribution < -0.4 is 5.73 Å². The van der Waals surface area contributed by atoms with Gasteiger partial charge in [0, 0.05) is 11.4 Å². The molecule has 0 aliphatic heterocycles. The third-order valence-corrected chi connectivity index (χ3v) is 2.57. The minimum atomic E-state index is -0.507. The molecule has 0 saturated carbocycles. The minimum absolute atomic E-state index is 0.0767. The van der Waals surface area contributed by atoms with Gasteiger partial charge in [-0.25, -0.2) is 4.39 Å². The van der Waals surface area contributed by atoms with Crippen molar-refractivity contribution in [2.24, 2.45) is 0 Å². The van der Waals surface area contributed by atoms with Crippen molar-refractivity contribution in [1.82, 2.24) is 10.2 Å². The van der Waals surface area contributed by atoms with E-state index >= 15 is 0 Å². The number of aromatic amines is 1. The lowest BCUT2D eigenvalue weighted by Gasteiger charge is -2.02. The number of rotatable bonds is 3. The van der Waals surface area contributed by atoms with Gasteiger partial charge >= 0.3 is 0 Å². The molecule has 3 N–H and O–H groups in total. The van der Waals surface area contributed by atoms with Crippen molar-refractivity contribution in [2.45, 2.75) is 6.42 Å². The number of carbonyl (C=O) groups excluding carboxylic acids is 1. The predicted molar refractivity (Wildman–Crippen MR) is 62.4 cm³/mol. The fraction of sp³-hybridized carbons (Fsp3) is 0.0909. The molecule has 0 atom stereocenters. The van der Waals surface area contributed by atoms with Gasteiger partial charge in [0.15, 0.2) is 5.78 Å². The van der Waals surface area contributed by atoms with Crippen molar-refractivity contribution in [1.29, 1.82) is 0 Å². The lowest BCUT2D eigenvalue weighted by molar-refractivity contribution is 0.0992. The fourth-order valence-corrected chi connectivity index (χ4v) is 1.61. The van der Waals surface area contributed by atoms with Gasteiger partial charge in [-0.1, -0.05) is 17.7 Å². The van der Waals surface area contributed by atoms with Crippen LogP contribution in [0.1, 0.15) is 15.9 Å². The van der Waals surface area contributed by atoms with Crippen LogP contribution in [-0.2, 0) is 6.42 Å². The Morgan fingerprint density at radius 1 is 1.53 bits per heavy atom. The van der Waals surface area contributed by atoms with Crippen LogP contribution in [-0.4, -0.2) is 16.0 Å². The zero-order valence-corrected chi connectivity index (χ0v) is 9.46. The molecule has 2 aromatic rings.